The fourth-order valence-electron chi connectivity index (χ4n) is 2.17. The molecule has 0 bridgehead atoms. The number of anilines is 3. The average molecular weight is 392 g/mol. The van der Waals surface area contributed by atoms with Crippen LogP contribution in [0.4, 0.5) is 17.3 Å². The van der Waals surface area contributed by atoms with E-state index in [1.54, 1.807) is 6.92 Å². The molecule has 1 atom stereocenters. The molecule has 0 aliphatic heterocycles. The summed E-state index contributed by atoms with van der Waals surface area (Å²) in [5, 5.41) is 4.13. The number of nitrogens with zero attached hydrogens (tertiary/aromatic N) is 3. The van der Waals surface area contributed by atoms with Crippen LogP contribution in [0.5, 0.6) is 0 Å². The molecule has 0 unspecified atom stereocenters. The van der Waals surface area contributed by atoms with Gasteiger partial charge in [0.05, 0.1) is 17.1 Å². The van der Waals surface area contributed by atoms with Crippen LogP contribution in [0, 0.1) is 0 Å². The first-order valence-corrected chi connectivity index (χ1v) is 9.74. The molecule has 0 spiro atoms. The van der Waals surface area contributed by atoms with Crippen LogP contribution < -0.4 is 21.9 Å². The largest absolute Gasteiger partial charge is 0.364 e. The molecule has 2 rings (SSSR count). The second-order valence-corrected chi connectivity index (χ2v) is 7.89. The Bertz CT molecular complexity index is 946. The number of hydrogen-bond acceptors (Lipinski definition) is 9. The third-order valence-electron chi connectivity index (χ3n) is 3.72. The highest BCUT2D eigenvalue weighted by molar-refractivity contribution is 7.90. The van der Waals surface area contributed by atoms with Crippen molar-refractivity contribution in [1.82, 2.24) is 9.97 Å². The predicted molar refractivity (Wildman–Crippen MR) is 100 cm³/mol. The third-order valence-corrected chi connectivity index (χ3v) is 4.84. The van der Waals surface area contributed by atoms with E-state index in [-0.39, 0.29) is 34.7 Å². The second kappa shape index (κ2) is 8.10. The molecule has 0 aliphatic rings. The van der Waals surface area contributed by atoms with Gasteiger partial charge in [-0.05, 0) is 31.2 Å². The number of hydrazine groups is 1. The van der Waals surface area contributed by atoms with Crippen molar-refractivity contribution in [1.29, 1.82) is 0 Å². The molecule has 1 amide bonds. The number of aromatic nitrogens is 2. The van der Waals surface area contributed by atoms with E-state index < -0.39 is 15.7 Å². The lowest BCUT2D eigenvalue weighted by atomic mass is 10.2. The molecular weight excluding hydrogens is 372 g/mol. The van der Waals surface area contributed by atoms with Gasteiger partial charge in [-0.15, -0.1) is 0 Å². The van der Waals surface area contributed by atoms with Gasteiger partial charge < -0.3 is 15.8 Å². The molecule has 0 saturated heterocycles. The van der Waals surface area contributed by atoms with E-state index in [1.165, 1.54) is 35.5 Å². The van der Waals surface area contributed by atoms with Crippen molar-refractivity contribution < 1.29 is 18.0 Å². The maximum absolute atomic E-state index is 11.6. The second-order valence-electron chi connectivity index (χ2n) is 5.87. The highest BCUT2D eigenvalue weighted by Gasteiger charge is 2.18. The number of aldehydes is 1. The molecule has 144 valence electrons. The van der Waals surface area contributed by atoms with Crippen LogP contribution in [0.2, 0.25) is 0 Å². The molecule has 0 radical (unpaired) electrons. The molecule has 2 aromatic rings. The van der Waals surface area contributed by atoms with Gasteiger partial charge in [-0.2, -0.15) is 0 Å². The minimum absolute atomic E-state index is 0.0564. The number of carbonyl (C=O) groups is 2. The van der Waals surface area contributed by atoms with Gasteiger partial charge in [0, 0.05) is 18.4 Å². The van der Waals surface area contributed by atoms with E-state index >= 15 is 0 Å². The van der Waals surface area contributed by atoms with Crippen LogP contribution in [-0.4, -0.2) is 42.9 Å². The molecule has 10 nitrogen and oxygen atoms in total. The van der Waals surface area contributed by atoms with Crippen molar-refractivity contribution in [3.05, 3.63) is 36.2 Å². The summed E-state index contributed by atoms with van der Waals surface area (Å²) in [5.41, 5.74) is 5.70. The molecule has 11 heteroatoms. The van der Waals surface area contributed by atoms with E-state index in [4.69, 9.17) is 11.6 Å². The monoisotopic (exact) mass is 392 g/mol. The number of sulfone groups is 1. The minimum Gasteiger partial charge on any atom is -0.364 e. The molecular formula is C16H20N6O4S. The number of rotatable bonds is 8. The molecule has 0 aliphatic carbocycles. The summed E-state index contributed by atoms with van der Waals surface area (Å²) in [5.74, 6) is 5.43. The number of amides is 1. The Morgan fingerprint density at radius 2 is 1.96 bits per heavy atom. The van der Waals surface area contributed by atoms with E-state index in [2.05, 4.69) is 15.3 Å². The molecule has 1 aromatic carbocycles. The Kier molecular flexibility index (Phi) is 6.08. The summed E-state index contributed by atoms with van der Waals surface area (Å²) >= 11 is 0. The van der Waals surface area contributed by atoms with Gasteiger partial charge in [0.25, 0.3) is 5.91 Å². The third kappa shape index (κ3) is 4.99. The van der Waals surface area contributed by atoms with E-state index in [0.717, 1.165) is 12.5 Å². The molecule has 0 saturated carbocycles. The zero-order valence-electron chi connectivity index (χ0n) is 14.8. The molecule has 1 aromatic heterocycles. The number of nitrogens with two attached hydrogens (primary N) is 2. The number of hydrogen-bond donors (Lipinski definition) is 3. The van der Waals surface area contributed by atoms with Crippen LogP contribution in [0.15, 0.2) is 35.4 Å². The Morgan fingerprint density at radius 1 is 1.33 bits per heavy atom. The lowest BCUT2D eigenvalue weighted by Crippen LogP contribution is -2.40. The number of benzene rings is 1. The zero-order valence-corrected chi connectivity index (χ0v) is 15.6. The van der Waals surface area contributed by atoms with Crippen LogP contribution in [-0.2, 0) is 14.6 Å². The van der Waals surface area contributed by atoms with E-state index in [0.29, 0.717) is 5.69 Å². The normalized spacial score (nSPS) is 12.3. The first-order chi connectivity index (χ1) is 12.6. The maximum Gasteiger partial charge on any atom is 0.271 e. The van der Waals surface area contributed by atoms with Crippen molar-refractivity contribution in [3.63, 3.8) is 0 Å². The number of primary amides is 1. The van der Waals surface area contributed by atoms with Gasteiger partial charge in [0.2, 0.25) is 0 Å². The minimum atomic E-state index is -3.33. The van der Waals surface area contributed by atoms with Crippen LogP contribution >= 0.6 is 0 Å². The quantitative estimate of drug-likeness (QED) is 0.327. The fraction of sp³-hybridized carbons (Fsp3) is 0.250. The average Bonchev–Trinajstić information content (AvgIpc) is 2.60. The summed E-state index contributed by atoms with van der Waals surface area (Å²) < 4.78 is 23.1. The van der Waals surface area contributed by atoms with Crippen molar-refractivity contribution in [2.75, 3.05) is 16.6 Å². The molecule has 5 N–H and O–H groups in total. The van der Waals surface area contributed by atoms with Gasteiger partial charge in [0.1, 0.15) is 6.29 Å². The van der Waals surface area contributed by atoms with E-state index in [1.807, 2.05) is 0 Å². The van der Waals surface area contributed by atoms with Crippen LogP contribution in [0.1, 0.15) is 23.8 Å². The van der Waals surface area contributed by atoms with Gasteiger partial charge in [-0.3, -0.25) is 9.80 Å². The maximum atomic E-state index is 11.6. The highest BCUT2D eigenvalue weighted by atomic mass is 32.2. The molecule has 0 fully saturated rings. The Hall–Kier alpha value is -3.05. The van der Waals surface area contributed by atoms with Gasteiger partial charge >= 0.3 is 0 Å². The fourth-order valence-corrected chi connectivity index (χ4v) is 2.80. The summed E-state index contributed by atoms with van der Waals surface area (Å²) in [7, 11) is -3.33. The van der Waals surface area contributed by atoms with Crippen LogP contribution in [0.3, 0.4) is 0 Å². The van der Waals surface area contributed by atoms with Crippen molar-refractivity contribution >= 4 is 39.4 Å². The van der Waals surface area contributed by atoms with Gasteiger partial charge in [0.15, 0.2) is 27.2 Å². The van der Waals surface area contributed by atoms with E-state index in [9.17, 15) is 18.0 Å². The molecule has 1 heterocycles. The lowest BCUT2D eigenvalue weighted by Gasteiger charge is -2.24. The van der Waals surface area contributed by atoms with Crippen molar-refractivity contribution in [3.8, 4) is 0 Å². The SMILES string of the molecule is C[C@H](CC=O)N(N)c1cnc(C(N)=O)c(Nc2ccc(S(C)(=O)=O)cc2)n1. The van der Waals surface area contributed by atoms with Gasteiger partial charge in [-0.25, -0.2) is 24.2 Å². The summed E-state index contributed by atoms with van der Waals surface area (Å²) in [4.78, 5) is 30.7. The topological polar surface area (TPSA) is 161 Å². The lowest BCUT2D eigenvalue weighted by molar-refractivity contribution is -0.108. The highest BCUT2D eigenvalue weighted by Crippen LogP contribution is 2.22. The predicted octanol–water partition coefficient (Wildman–Crippen LogP) is 0.380. The Labute approximate surface area is 156 Å². The summed E-state index contributed by atoms with van der Waals surface area (Å²) in [6.45, 7) is 1.73. The van der Waals surface area contributed by atoms with Crippen molar-refractivity contribution in [2.24, 2.45) is 11.6 Å². The number of carbonyl (C=O) groups excluding carboxylic acids is 2. The summed E-state index contributed by atoms with van der Waals surface area (Å²) in [6.07, 6.45) is 3.30. The van der Waals surface area contributed by atoms with Crippen LogP contribution in [0.25, 0.3) is 0 Å². The Balaban J connectivity index is 2.37. The first kappa shape index (κ1) is 20.3. The van der Waals surface area contributed by atoms with Gasteiger partial charge in [-0.1, -0.05) is 0 Å². The number of nitrogens with one attached hydrogen (secondary N) is 1. The van der Waals surface area contributed by atoms with Crippen molar-refractivity contribution in [2.45, 2.75) is 24.3 Å². The smallest absolute Gasteiger partial charge is 0.271 e. The Morgan fingerprint density at radius 3 is 2.48 bits per heavy atom. The standard InChI is InChI=1S/C16H20N6O4S/c1-10(7-8-23)22(18)13-9-19-14(15(17)24)16(21-13)20-11-3-5-12(6-4-11)27(2,25)26/h3-6,8-10H,7,18H2,1-2H3,(H2,17,24)(H,20,21)/t10-/m1/s1. The molecule has 27 heavy (non-hydrogen) atoms. The first-order valence-electron chi connectivity index (χ1n) is 7.85. The zero-order chi connectivity index (χ0) is 20.2. The summed E-state index contributed by atoms with van der Waals surface area (Å²) in [6, 6.07) is 5.54.